The predicted molar refractivity (Wildman–Crippen MR) is 137 cm³/mol. The van der Waals surface area contributed by atoms with Crippen LogP contribution in [-0.2, 0) is 18.8 Å². The minimum Gasteiger partial charge on any atom is -0.386 e. The molecule has 0 aliphatic rings. The first-order chi connectivity index (χ1) is 17.9. The molecule has 2 aromatic carbocycles. The summed E-state index contributed by atoms with van der Waals surface area (Å²) in [6.45, 7) is 3.27. The summed E-state index contributed by atoms with van der Waals surface area (Å²) in [4.78, 5) is 13.5. The third-order valence-electron chi connectivity index (χ3n) is 6.23. The second kappa shape index (κ2) is 9.14. The van der Waals surface area contributed by atoms with Gasteiger partial charge in [0, 0.05) is 35.5 Å². The Morgan fingerprint density at radius 3 is 2.32 bits per heavy atom. The van der Waals surface area contributed by atoms with Gasteiger partial charge < -0.3 is 10.4 Å². The number of aryl methyl sites for hydroxylation is 1. The number of alkyl halides is 3. The van der Waals surface area contributed by atoms with Crippen LogP contribution in [0.15, 0.2) is 79.1 Å². The molecule has 5 rings (SSSR count). The highest BCUT2D eigenvalue weighted by molar-refractivity contribution is 6.06. The van der Waals surface area contributed by atoms with Gasteiger partial charge in [0.05, 0.1) is 28.6 Å². The Balaban J connectivity index is 1.63. The summed E-state index contributed by atoms with van der Waals surface area (Å²) in [5, 5.41) is 22.0. The molecule has 0 radical (unpaired) electrons. The maximum Gasteiger partial charge on any atom is 0.417 e. The molecular formula is C28H24F3N5O2. The van der Waals surface area contributed by atoms with Crippen molar-refractivity contribution in [1.82, 2.24) is 19.4 Å². The summed E-state index contributed by atoms with van der Waals surface area (Å²) >= 11 is 0. The summed E-state index contributed by atoms with van der Waals surface area (Å²) in [5.74, 6) is -0.311. The number of nitrogens with zero attached hydrogens (tertiary/aromatic N) is 4. The van der Waals surface area contributed by atoms with Crippen LogP contribution in [0.25, 0.3) is 27.9 Å². The highest BCUT2D eigenvalue weighted by Gasteiger charge is 2.35. The van der Waals surface area contributed by atoms with Crippen molar-refractivity contribution in [3.8, 4) is 22.4 Å². The minimum absolute atomic E-state index is 0.0181. The molecule has 3 heterocycles. The molecule has 38 heavy (non-hydrogen) atoms. The minimum atomic E-state index is -4.63. The molecule has 0 bridgehead atoms. The van der Waals surface area contributed by atoms with Gasteiger partial charge in [-0.05, 0) is 55.8 Å². The monoisotopic (exact) mass is 519 g/mol. The molecule has 0 saturated carbocycles. The molecule has 0 fully saturated rings. The number of benzene rings is 2. The van der Waals surface area contributed by atoms with Crippen LogP contribution in [0, 0.1) is 0 Å². The number of anilines is 1. The van der Waals surface area contributed by atoms with Crippen LogP contribution in [0.1, 0.15) is 35.3 Å². The van der Waals surface area contributed by atoms with E-state index in [4.69, 9.17) is 0 Å². The number of hydrogen-bond acceptors (Lipinski definition) is 4. The van der Waals surface area contributed by atoms with Gasteiger partial charge in [0.15, 0.2) is 0 Å². The number of aliphatic hydroxyl groups is 1. The van der Waals surface area contributed by atoms with Crippen molar-refractivity contribution in [2.24, 2.45) is 7.05 Å². The quantitative estimate of drug-likeness (QED) is 0.303. The lowest BCUT2D eigenvalue weighted by molar-refractivity contribution is -0.137. The van der Waals surface area contributed by atoms with Crippen LogP contribution in [0.4, 0.5) is 19.0 Å². The van der Waals surface area contributed by atoms with Crippen molar-refractivity contribution in [2.75, 3.05) is 5.32 Å². The van der Waals surface area contributed by atoms with Gasteiger partial charge >= 0.3 is 6.18 Å². The lowest BCUT2D eigenvalue weighted by Gasteiger charge is -2.18. The van der Waals surface area contributed by atoms with E-state index in [-0.39, 0.29) is 16.8 Å². The summed E-state index contributed by atoms with van der Waals surface area (Å²) in [6.07, 6.45) is -1.57. The van der Waals surface area contributed by atoms with E-state index < -0.39 is 23.2 Å². The Bertz CT molecular complexity index is 1650. The maximum atomic E-state index is 13.8. The fraction of sp³-hybridized carbons (Fsp3) is 0.179. The Hall–Kier alpha value is -4.44. The molecule has 0 atom stereocenters. The lowest BCUT2D eigenvalue weighted by atomic mass is 9.99. The second-order valence-electron chi connectivity index (χ2n) is 9.46. The van der Waals surface area contributed by atoms with Gasteiger partial charge in [-0.2, -0.15) is 23.4 Å². The molecule has 194 valence electrons. The van der Waals surface area contributed by atoms with Gasteiger partial charge in [-0.15, -0.1) is 0 Å². The number of nitrogens with one attached hydrogen (secondary N) is 1. The van der Waals surface area contributed by atoms with Crippen molar-refractivity contribution in [1.29, 1.82) is 0 Å². The number of fused-ring (bicyclic) bond motifs is 1. The number of halogens is 3. The van der Waals surface area contributed by atoms with Crippen LogP contribution in [0.5, 0.6) is 0 Å². The number of aromatic nitrogens is 4. The van der Waals surface area contributed by atoms with Gasteiger partial charge in [-0.1, -0.05) is 30.3 Å². The third-order valence-corrected chi connectivity index (χ3v) is 6.23. The topological polar surface area (TPSA) is 84.5 Å². The molecule has 0 spiro atoms. The molecule has 0 aliphatic carbocycles. The molecule has 2 N–H and O–H groups in total. The zero-order valence-corrected chi connectivity index (χ0v) is 20.8. The fourth-order valence-corrected chi connectivity index (χ4v) is 4.38. The summed E-state index contributed by atoms with van der Waals surface area (Å²) in [5.41, 5.74) is 0.418. The molecular weight excluding hydrogens is 495 g/mol. The lowest BCUT2D eigenvalue weighted by Crippen LogP contribution is -2.18. The molecule has 5 aromatic rings. The van der Waals surface area contributed by atoms with Gasteiger partial charge in [0.25, 0.3) is 5.91 Å². The number of carbonyl (C=O) groups is 1. The molecule has 1 amide bonds. The van der Waals surface area contributed by atoms with Gasteiger partial charge in [-0.3, -0.25) is 9.48 Å². The Kier molecular flexibility index (Phi) is 6.07. The Labute approximate surface area is 216 Å². The molecule has 0 unspecified atom stereocenters. The predicted octanol–water partition coefficient (Wildman–Crippen LogP) is 5.90. The number of hydrogen-bond donors (Lipinski definition) is 2. The molecule has 0 aliphatic heterocycles. The van der Waals surface area contributed by atoms with E-state index >= 15 is 0 Å². The van der Waals surface area contributed by atoms with Crippen LogP contribution in [-0.4, -0.2) is 30.4 Å². The summed E-state index contributed by atoms with van der Waals surface area (Å²) in [6, 6.07) is 17.6. The van der Waals surface area contributed by atoms with Crippen molar-refractivity contribution in [2.45, 2.75) is 25.6 Å². The number of pyridine rings is 1. The maximum absolute atomic E-state index is 13.8. The van der Waals surface area contributed by atoms with Crippen LogP contribution < -0.4 is 5.32 Å². The number of carbonyl (C=O) groups excluding carboxylic acids is 1. The zero-order chi connectivity index (χ0) is 27.2. The highest BCUT2D eigenvalue weighted by atomic mass is 19.4. The average molecular weight is 520 g/mol. The summed E-state index contributed by atoms with van der Waals surface area (Å²) < 4.78 is 44.2. The second-order valence-corrected chi connectivity index (χ2v) is 9.46. The smallest absolute Gasteiger partial charge is 0.386 e. The van der Waals surface area contributed by atoms with Crippen LogP contribution >= 0.6 is 0 Å². The van der Waals surface area contributed by atoms with Gasteiger partial charge in [0.1, 0.15) is 5.82 Å². The standard InChI is InChI=1S/C28H24F3N5O2/c1-27(2,38)22-16-32-36-24(22)12-10-19(17-7-5-4-6-8-17)25(36)33-26(37)18-9-11-21(28(29,30)31)20(15-18)23-13-14-35(3)34-23/h4-16,38H,1-3H3,(H,33,37). The van der Waals surface area contributed by atoms with Crippen molar-refractivity contribution in [3.05, 3.63) is 95.8 Å². The van der Waals surface area contributed by atoms with E-state index in [9.17, 15) is 23.1 Å². The molecule has 7 nitrogen and oxygen atoms in total. The average Bonchev–Trinajstić information content (AvgIpc) is 3.50. The number of rotatable bonds is 5. The van der Waals surface area contributed by atoms with E-state index in [1.165, 1.54) is 33.7 Å². The zero-order valence-electron chi connectivity index (χ0n) is 20.8. The van der Waals surface area contributed by atoms with Crippen molar-refractivity contribution >= 4 is 17.2 Å². The van der Waals surface area contributed by atoms with Crippen molar-refractivity contribution in [3.63, 3.8) is 0 Å². The fourth-order valence-electron chi connectivity index (χ4n) is 4.38. The van der Waals surface area contributed by atoms with E-state index in [1.807, 2.05) is 36.4 Å². The largest absolute Gasteiger partial charge is 0.417 e. The Morgan fingerprint density at radius 2 is 1.68 bits per heavy atom. The van der Waals surface area contributed by atoms with Gasteiger partial charge in [0.2, 0.25) is 0 Å². The SMILES string of the molecule is Cn1ccc(-c2cc(C(=O)Nc3c(-c4ccccc4)ccc4c(C(C)(C)O)cnn34)ccc2C(F)(F)F)n1. The first-order valence-electron chi connectivity index (χ1n) is 11.7. The molecule has 3 aromatic heterocycles. The van der Waals surface area contributed by atoms with E-state index in [2.05, 4.69) is 15.5 Å². The normalized spacial score (nSPS) is 12.2. The molecule has 0 saturated heterocycles. The van der Waals surface area contributed by atoms with Gasteiger partial charge in [-0.25, -0.2) is 4.52 Å². The first-order valence-corrected chi connectivity index (χ1v) is 11.7. The number of amides is 1. The Morgan fingerprint density at radius 1 is 0.947 bits per heavy atom. The van der Waals surface area contributed by atoms with Crippen LogP contribution in [0.2, 0.25) is 0 Å². The molecule has 10 heteroatoms. The third kappa shape index (κ3) is 4.66. The van der Waals surface area contributed by atoms with E-state index in [0.29, 0.717) is 22.5 Å². The van der Waals surface area contributed by atoms with Crippen molar-refractivity contribution < 1.29 is 23.1 Å². The first kappa shape index (κ1) is 25.2. The highest BCUT2D eigenvalue weighted by Crippen LogP contribution is 2.38. The van der Waals surface area contributed by atoms with Crippen LogP contribution in [0.3, 0.4) is 0 Å². The summed E-state index contributed by atoms with van der Waals surface area (Å²) in [7, 11) is 1.60. The van der Waals surface area contributed by atoms with E-state index in [1.54, 1.807) is 27.0 Å². The van der Waals surface area contributed by atoms with E-state index in [0.717, 1.165) is 17.7 Å².